The molecule has 2 aromatic rings. The van der Waals surface area contributed by atoms with Gasteiger partial charge in [0.05, 0.1) is 22.2 Å². The second-order valence-electron chi connectivity index (χ2n) is 3.26. The molecular formula is C11H8Cl2FNS. The molecule has 16 heavy (non-hydrogen) atoms. The van der Waals surface area contributed by atoms with Crippen LogP contribution in [-0.2, 0) is 5.88 Å². The fourth-order valence-electron chi connectivity index (χ4n) is 1.36. The van der Waals surface area contributed by atoms with E-state index in [1.54, 1.807) is 12.1 Å². The number of halogens is 3. The van der Waals surface area contributed by atoms with E-state index in [4.69, 9.17) is 23.2 Å². The summed E-state index contributed by atoms with van der Waals surface area (Å²) in [4.78, 5) is 5.22. The number of nitrogens with zero attached hydrogens (tertiary/aromatic N) is 1. The lowest BCUT2D eigenvalue weighted by molar-refractivity contribution is 0.631. The molecule has 1 aromatic carbocycles. The van der Waals surface area contributed by atoms with Gasteiger partial charge in [0, 0.05) is 4.88 Å². The van der Waals surface area contributed by atoms with Gasteiger partial charge in [-0.15, -0.1) is 22.9 Å². The van der Waals surface area contributed by atoms with E-state index >= 15 is 0 Å². The Kier molecular flexibility index (Phi) is 3.47. The van der Waals surface area contributed by atoms with Crippen molar-refractivity contribution in [1.82, 2.24) is 4.98 Å². The van der Waals surface area contributed by atoms with Crippen molar-refractivity contribution in [3.63, 3.8) is 0 Å². The summed E-state index contributed by atoms with van der Waals surface area (Å²) in [5.74, 6) is 0.0256. The van der Waals surface area contributed by atoms with E-state index in [1.165, 1.54) is 17.4 Å². The number of alkyl halides is 1. The maximum absolute atomic E-state index is 13.6. The molecule has 0 fully saturated rings. The van der Waals surface area contributed by atoms with Gasteiger partial charge >= 0.3 is 0 Å². The lowest BCUT2D eigenvalue weighted by Gasteiger charge is -2.00. The first-order valence-electron chi connectivity index (χ1n) is 4.60. The molecule has 0 aliphatic rings. The van der Waals surface area contributed by atoms with Crippen molar-refractivity contribution in [3.05, 3.63) is 39.6 Å². The van der Waals surface area contributed by atoms with Gasteiger partial charge in [0.2, 0.25) is 0 Å². The standard InChI is InChI=1S/C11H8Cl2FNS/c1-6-9(5-12)16-11(15-6)10-7(13)3-2-4-8(10)14/h2-4H,5H2,1H3. The van der Waals surface area contributed by atoms with Crippen LogP contribution in [0.2, 0.25) is 5.02 Å². The van der Waals surface area contributed by atoms with Crippen molar-refractivity contribution < 1.29 is 4.39 Å². The minimum absolute atomic E-state index is 0.355. The molecular weight excluding hydrogens is 268 g/mol. The number of aromatic nitrogens is 1. The highest BCUT2D eigenvalue weighted by Gasteiger charge is 2.15. The first-order chi connectivity index (χ1) is 7.63. The number of hydrogen-bond donors (Lipinski definition) is 0. The van der Waals surface area contributed by atoms with E-state index in [0.29, 0.717) is 21.5 Å². The van der Waals surface area contributed by atoms with Crippen LogP contribution in [0.15, 0.2) is 18.2 Å². The minimum Gasteiger partial charge on any atom is -0.241 e. The van der Waals surface area contributed by atoms with E-state index in [1.807, 2.05) is 6.92 Å². The molecule has 0 aliphatic carbocycles. The lowest BCUT2D eigenvalue weighted by atomic mass is 10.2. The predicted molar refractivity (Wildman–Crippen MR) is 66.8 cm³/mol. The summed E-state index contributed by atoms with van der Waals surface area (Å²) in [6.07, 6.45) is 0. The van der Waals surface area contributed by atoms with Crippen LogP contribution in [-0.4, -0.2) is 4.98 Å². The fourth-order valence-corrected chi connectivity index (χ4v) is 3.00. The summed E-state index contributed by atoms with van der Waals surface area (Å²) < 4.78 is 13.6. The van der Waals surface area contributed by atoms with Gasteiger partial charge in [0.25, 0.3) is 0 Å². The van der Waals surface area contributed by atoms with Crippen molar-refractivity contribution in [2.75, 3.05) is 0 Å². The average Bonchev–Trinajstić information content (AvgIpc) is 2.59. The summed E-state index contributed by atoms with van der Waals surface area (Å²) in [6.45, 7) is 1.85. The van der Waals surface area contributed by atoms with Crippen molar-refractivity contribution in [2.24, 2.45) is 0 Å². The number of benzene rings is 1. The van der Waals surface area contributed by atoms with Gasteiger partial charge in [0.15, 0.2) is 0 Å². The molecule has 0 spiro atoms. The van der Waals surface area contributed by atoms with Gasteiger partial charge in [-0.25, -0.2) is 9.37 Å². The molecule has 0 amide bonds. The second-order valence-corrected chi connectivity index (χ2v) is 5.02. The average molecular weight is 276 g/mol. The Balaban J connectivity index is 2.58. The molecule has 2 rings (SSSR count). The second kappa shape index (κ2) is 4.70. The maximum atomic E-state index is 13.6. The fraction of sp³-hybridized carbons (Fsp3) is 0.182. The van der Waals surface area contributed by atoms with Gasteiger partial charge in [-0.1, -0.05) is 17.7 Å². The van der Waals surface area contributed by atoms with Crippen LogP contribution in [0.4, 0.5) is 4.39 Å². The zero-order chi connectivity index (χ0) is 11.7. The third-order valence-electron chi connectivity index (χ3n) is 2.19. The zero-order valence-corrected chi connectivity index (χ0v) is 10.8. The molecule has 0 bridgehead atoms. The molecule has 0 saturated heterocycles. The minimum atomic E-state index is -0.359. The number of rotatable bonds is 2. The van der Waals surface area contributed by atoms with Crippen LogP contribution in [0.3, 0.4) is 0 Å². The van der Waals surface area contributed by atoms with Crippen LogP contribution in [0.5, 0.6) is 0 Å². The summed E-state index contributed by atoms with van der Waals surface area (Å²) >= 11 is 13.1. The molecule has 0 N–H and O–H groups in total. The molecule has 1 nitrogen and oxygen atoms in total. The Morgan fingerprint density at radius 2 is 2.19 bits per heavy atom. The van der Waals surface area contributed by atoms with E-state index < -0.39 is 0 Å². The SMILES string of the molecule is Cc1nc(-c2c(F)cccc2Cl)sc1CCl. The van der Waals surface area contributed by atoms with E-state index in [9.17, 15) is 4.39 Å². The Labute approximate surface area is 107 Å². The normalized spacial score (nSPS) is 10.8. The highest BCUT2D eigenvalue weighted by atomic mass is 35.5. The zero-order valence-electron chi connectivity index (χ0n) is 8.43. The summed E-state index contributed by atoms with van der Waals surface area (Å²) in [6, 6.07) is 4.60. The predicted octanol–water partition coefficient (Wildman–Crippen LogP) is 4.65. The Hall–Kier alpha value is -0.640. The molecule has 1 heterocycles. The first kappa shape index (κ1) is 11.8. The largest absolute Gasteiger partial charge is 0.241 e. The summed E-state index contributed by atoms with van der Waals surface area (Å²) in [7, 11) is 0. The van der Waals surface area contributed by atoms with E-state index in [-0.39, 0.29) is 5.82 Å². The maximum Gasteiger partial charge on any atom is 0.134 e. The molecule has 0 saturated carbocycles. The summed E-state index contributed by atoms with van der Waals surface area (Å²) in [5, 5.41) is 0.950. The van der Waals surface area contributed by atoms with Crippen molar-refractivity contribution in [2.45, 2.75) is 12.8 Å². The highest BCUT2D eigenvalue weighted by molar-refractivity contribution is 7.15. The van der Waals surface area contributed by atoms with Crippen molar-refractivity contribution in [3.8, 4) is 10.6 Å². The molecule has 5 heteroatoms. The van der Waals surface area contributed by atoms with Crippen molar-refractivity contribution >= 4 is 34.5 Å². The van der Waals surface area contributed by atoms with Crippen LogP contribution in [0.1, 0.15) is 10.6 Å². The van der Waals surface area contributed by atoms with Gasteiger partial charge in [0.1, 0.15) is 10.8 Å². The first-order valence-corrected chi connectivity index (χ1v) is 6.33. The monoisotopic (exact) mass is 275 g/mol. The summed E-state index contributed by atoms with van der Waals surface area (Å²) in [5.41, 5.74) is 1.18. The molecule has 84 valence electrons. The molecule has 0 aliphatic heterocycles. The van der Waals surface area contributed by atoms with Gasteiger partial charge in [-0.3, -0.25) is 0 Å². The van der Waals surface area contributed by atoms with Crippen LogP contribution in [0, 0.1) is 12.7 Å². The third kappa shape index (κ3) is 2.08. The van der Waals surface area contributed by atoms with Gasteiger partial charge < -0.3 is 0 Å². The topological polar surface area (TPSA) is 12.9 Å². The molecule has 1 aromatic heterocycles. The van der Waals surface area contributed by atoms with Crippen LogP contribution in [0.25, 0.3) is 10.6 Å². The number of hydrogen-bond acceptors (Lipinski definition) is 2. The molecule has 0 radical (unpaired) electrons. The smallest absolute Gasteiger partial charge is 0.134 e. The van der Waals surface area contributed by atoms with Crippen LogP contribution >= 0.6 is 34.5 Å². The van der Waals surface area contributed by atoms with Gasteiger partial charge in [-0.2, -0.15) is 0 Å². The van der Waals surface area contributed by atoms with E-state index in [2.05, 4.69) is 4.98 Å². The quantitative estimate of drug-likeness (QED) is 0.727. The third-order valence-corrected chi connectivity index (χ3v) is 4.11. The van der Waals surface area contributed by atoms with Gasteiger partial charge in [-0.05, 0) is 19.1 Å². The highest BCUT2D eigenvalue weighted by Crippen LogP contribution is 2.35. The molecule has 0 atom stereocenters. The van der Waals surface area contributed by atoms with Crippen molar-refractivity contribution in [1.29, 1.82) is 0 Å². The lowest BCUT2D eigenvalue weighted by Crippen LogP contribution is -1.84. The Morgan fingerprint density at radius 3 is 2.75 bits per heavy atom. The van der Waals surface area contributed by atoms with Crippen LogP contribution < -0.4 is 0 Å². The van der Waals surface area contributed by atoms with E-state index in [0.717, 1.165) is 10.6 Å². The Morgan fingerprint density at radius 1 is 1.44 bits per heavy atom. The Bertz CT molecular complexity index is 504. The number of thiazole rings is 1. The molecule has 0 unspecified atom stereocenters. The number of aryl methyl sites for hydroxylation is 1.